The molecular formula is C18H21N3O2. The molecule has 0 saturated heterocycles. The van der Waals surface area contributed by atoms with E-state index >= 15 is 0 Å². The summed E-state index contributed by atoms with van der Waals surface area (Å²) >= 11 is 0. The molecule has 5 nitrogen and oxygen atoms in total. The monoisotopic (exact) mass is 311 g/mol. The van der Waals surface area contributed by atoms with Crippen LogP contribution in [0.25, 0.3) is 0 Å². The van der Waals surface area contributed by atoms with Crippen LogP contribution in [0.1, 0.15) is 46.5 Å². The van der Waals surface area contributed by atoms with Gasteiger partial charge in [-0.25, -0.2) is 0 Å². The fraction of sp³-hybridized carbons (Fsp3) is 0.278. The Hall–Kier alpha value is -2.69. The third-order valence-corrected chi connectivity index (χ3v) is 3.44. The Labute approximate surface area is 136 Å². The van der Waals surface area contributed by atoms with Gasteiger partial charge in [0.2, 0.25) is 0 Å². The van der Waals surface area contributed by atoms with Crippen molar-refractivity contribution in [3.63, 3.8) is 0 Å². The molecule has 2 N–H and O–H groups in total. The molecule has 0 unspecified atom stereocenters. The van der Waals surface area contributed by atoms with Crippen LogP contribution >= 0.6 is 0 Å². The van der Waals surface area contributed by atoms with Crippen molar-refractivity contribution in [2.75, 3.05) is 11.9 Å². The molecule has 0 radical (unpaired) electrons. The molecular weight excluding hydrogens is 290 g/mol. The number of carbonyl (C=O) groups excluding carboxylic acids is 2. The molecule has 120 valence electrons. The van der Waals surface area contributed by atoms with E-state index < -0.39 is 0 Å². The second-order valence-electron chi connectivity index (χ2n) is 5.18. The van der Waals surface area contributed by atoms with Gasteiger partial charge in [0, 0.05) is 24.6 Å². The van der Waals surface area contributed by atoms with E-state index in [9.17, 15) is 9.59 Å². The van der Waals surface area contributed by atoms with Crippen LogP contribution < -0.4 is 10.6 Å². The summed E-state index contributed by atoms with van der Waals surface area (Å²) in [7, 11) is 0. The highest BCUT2D eigenvalue weighted by molar-refractivity contribution is 6.06. The minimum Gasteiger partial charge on any atom is -0.352 e. The maximum atomic E-state index is 12.4. The highest BCUT2D eigenvalue weighted by Crippen LogP contribution is 2.16. The van der Waals surface area contributed by atoms with E-state index in [1.807, 2.05) is 38.1 Å². The van der Waals surface area contributed by atoms with Gasteiger partial charge in [-0.1, -0.05) is 32.0 Å². The average molecular weight is 311 g/mol. The number of pyridine rings is 1. The van der Waals surface area contributed by atoms with Crippen molar-refractivity contribution in [3.8, 4) is 0 Å². The molecule has 0 atom stereocenters. The number of benzene rings is 1. The molecule has 0 bridgehead atoms. The minimum absolute atomic E-state index is 0.219. The first-order valence-electron chi connectivity index (χ1n) is 7.78. The van der Waals surface area contributed by atoms with Gasteiger partial charge < -0.3 is 10.6 Å². The zero-order valence-corrected chi connectivity index (χ0v) is 13.4. The van der Waals surface area contributed by atoms with Crippen molar-refractivity contribution in [2.24, 2.45) is 0 Å². The Kier molecular flexibility index (Phi) is 5.86. The summed E-state index contributed by atoms with van der Waals surface area (Å²) in [4.78, 5) is 28.3. The molecule has 1 heterocycles. The first-order chi connectivity index (χ1) is 11.2. The smallest absolute Gasteiger partial charge is 0.257 e. The van der Waals surface area contributed by atoms with Gasteiger partial charge in [0.15, 0.2) is 0 Å². The lowest BCUT2D eigenvalue weighted by atomic mass is 10.1. The van der Waals surface area contributed by atoms with Crippen molar-refractivity contribution in [3.05, 3.63) is 59.4 Å². The Balaban J connectivity index is 2.15. The van der Waals surface area contributed by atoms with Crippen molar-refractivity contribution in [1.29, 1.82) is 0 Å². The molecule has 0 aliphatic carbocycles. The number of hydrogen-bond donors (Lipinski definition) is 2. The Morgan fingerprint density at radius 1 is 1.04 bits per heavy atom. The van der Waals surface area contributed by atoms with E-state index in [1.165, 1.54) is 12.4 Å². The van der Waals surface area contributed by atoms with Gasteiger partial charge in [-0.3, -0.25) is 14.6 Å². The molecule has 0 aliphatic rings. The molecule has 23 heavy (non-hydrogen) atoms. The van der Waals surface area contributed by atoms with Crippen LogP contribution in [0, 0.1) is 0 Å². The van der Waals surface area contributed by atoms with Gasteiger partial charge in [-0.2, -0.15) is 0 Å². The number of aromatic nitrogens is 1. The SMILES string of the molecule is CCCNC(=O)c1cncc(C(=O)Nc2ccccc2CC)c1. The molecule has 0 spiro atoms. The molecule has 5 heteroatoms. The summed E-state index contributed by atoms with van der Waals surface area (Å²) in [5.74, 6) is -0.494. The normalized spacial score (nSPS) is 10.2. The predicted molar refractivity (Wildman–Crippen MR) is 90.6 cm³/mol. The van der Waals surface area contributed by atoms with Gasteiger partial charge in [0.05, 0.1) is 11.1 Å². The summed E-state index contributed by atoms with van der Waals surface area (Å²) < 4.78 is 0. The highest BCUT2D eigenvalue weighted by atomic mass is 16.2. The van der Waals surface area contributed by atoms with Crippen molar-refractivity contribution in [2.45, 2.75) is 26.7 Å². The van der Waals surface area contributed by atoms with Crippen molar-refractivity contribution >= 4 is 17.5 Å². The summed E-state index contributed by atoms with van der Waals surface area (Å²) in [5.41, 5.74) is 2.58. The molecule has 0 saturated carbocycles. The predicted octanol–water partition coefficient (Wildman–Crippen LogP) is 3.04. The number of carbonyl (C=O) groups is 2. The average Bonchev–Trinajstić information content (AvgIpc) is 2.60. The summed E-state index contributed by atoms with van der Waals surface area (Å²) in [6.45, 7) is 4.61. The second-order valence-corrected chi connectivity index (χ2v) is 5.18. The van der Waals surface area contributed by atoms with E-state index in [0.717, 1.165) is 24.1 Å². The molecule has 2 aromatic rings. The van der Waals surface area contributed by atoms with Crippen LogP contribution in [0.3, 0.4) is 0 Å². The number of para-hydroxylation sites is 1. The second kappa shape index (κ2) is 8.08. The zero-order chi connectivity index (χ0) is 16.7. The van der Waals surface area contributed by atoms with Crippen LogP contribution in [-0.2, 0) is 6.42 Å². The topological polar surface area (TPSA) is 71.1 Å². The number of anilines is 1. The van der Waals surface area contributed by atoms with Crippen molar-refractivity contribution < 1.29 is 9.59 Å². The largest absolute Gasteiger partial charge is 0.352 e. The van der Waals surface area contributed by atoms with Crippen LogP contribution in [-0.4, -0.2) is 23.3 Å². The maximum absolute atomic E-state index is 12.4. The zero-order valence-electron chi connectivity index (χ0n) is 13.4. The first-order valence-corrected chi connectivity index (χ1v) is 7.78. The molecule has 2 rings (SSSR count). The summed E-state index contributed by atoms with van der Waals surface area (Å²) in [6, 6.07) is 9.21. The molecule has 0 aliphatic heterocycles. The fourth-order valence-corrected chi connectivity index (χ4v) is 2.17. The van der Waals surface area contributed by atoms with E-state index in [1.54, 1.807) is 6.07 Å². The van der Waals surface area contributed by atoms with Gasteiger partial charge in [-0.15, -0.1) is 0 Å². The van der Waals surface area contributed by atoms with Crippen LogP contribution in [0.2, 0.25) is 0 Å². The Bertz CT molecular complexity index is 698. The number of nitrogens with zero attached hydrogens (tertiary/aromatic N) is 1. The van der Waals surface area contributed by atoms with Crippen molar-refractivity contribution in [1.82, 2.24) is 10.3 Å². The molecule has 1 aromatic carbocycles. The lowest BCUT2D eigenvalue weighted by Crippen LogP contribution is -2.24. The Morgan fingerprint density at radius 3 is 2.43 bits per heavy atom. The van der Waals surface area contributed by atoms with E-state index in [0.29, 0.717) is 17.7 Å². The van der Waals surface area contributed by atoms with Crippen LogP contribution in [0.4, 0.5) is 5.69 Å². The van der Waals surface area contributed by atoms with Crippen LogP contribution in [0.15, 0.2) is 42.7 Å². The van der Waals surface area contributed by atoms with Gasteiger partial charge in [0.25, 0.3) is 11.8 Å². The third-order valence-electron chi connectivity index (χ3n) is 3.44. The third kappa shape index (κ3) is 4.39. The maximum Gasteiger partial charge on any atom is 0.257 e. The summed E-state index contributed by atoms with van der Waals surface area (Å²) in [5, 5.41) is 5.65. The Morgan fingerprint density at radius 2 is 1.74 bits per heavy atom. The molecule has 0 fully saturated rings. The quantitative estimate of drug-likeness (QED) is 0.861. The minimum atomic E-state index is -0.274. The number of nitrogens with one attached hydrogen (secondary N) is 2. The molecule has 1 aromatic heterocycles. The van der Waals surface area contributed by atoms with E-state index in [-0.39, 0.29) is 11.8 Å². The van der Waals surface area contributed by atoms with Gasteiger partial charge in [0.1, 0.15) is 0 Å². The lowest BCUT2D eigenvalue weighted by Gasteiger charge is -2.10. The highest BCUT2D eigenvalue weighted by Gasteiger charge is 2.12. The number of rotatable bonds is 6. The lowest BCUT2D eigenvalue weighted by molar-refractivity contribution is 0.0953. The molecule has 2 amide bonds. The van der Waals surface area contributed by atoms with Gasteiger partial charge >= 0.3 is 0 Å². The number of aryl methyl sites for hydroxylation is 1. The fourth-order valence-electron chi connectivity index (χ4n) is 2.17. The first kappa shape index (κ1) is 16.7. The van der Waals surface area contributed by atoms with Crippen LogP contribution in [0.5, 0.6) is 0 Å². The standard InChI is InChI=1S/C18H21N3O2/c1-3-9-20-17(22)14-10-15(12-19-11-14)18(23)21-16-8-6-5-7-13(16)4-2/h5-8,10-12H,3-4,9H2,1-2H3,(H,20,22)(H,21,23). The van der Waals surface area contributed by atoms with E-state index in [4.69, 9.17) is 0 Å². The number of hydrogen-bond acceptors (Lipinski definition) is 3. The summed E-state index contributed by atoms with van der Waals surface area (Å²) in [6.07, 6.45) is 4.60. The van der Waals surface area contributed by atoms with Gasteiger partial charge in [-0.05, 0) is 30.5 Å². The number of amides is 2. The van der Waals surface area contributed by atoms with E-state index in [2.05, 4.69) is 15.6 Å².